The van der Waals surface area contributed by atoms with E-state index in [-0.39, 0.29) is 5.92 Å². The zero-order chi connectivity index (χ0) is 6.85. The second kappa shape index (κ2) is 2.21. The molecule has 2 atom stereocenters. The Morgan fingerprint density at radius 2 is 2.33 bits per heavy atom. The smallest absolute Gasteiger partial charge is 0.310 e. The van der Waals surface area contributed by atoms with E-state index in [1.807, 2.05) is 13.0 Å². The van der Waals surface area contributed by atoms with Crippen molar-refractivity contribution in [3.8, 4) is 0 Å². The summed E-state index contributed by atoms with van der Waals surface area (Å²) in [5.41, 5.74) is 0. The summed E-state index contributed by atoms with van der Waals surface area (Å²) in [6.07, 6.45) is 4.50. The maximum atomic E-state index is 10.3. The summed E-state index contributed by atoms with van der Waals surface area (Å²) in [5, 5.41) is 8.48. The predicted molar refractivity (Wildman–Crippen MR) is 34.0 cm³/mol. The minimum Gasteiger partial charge on any atom is -0.481 e. The number of carbonyl (C=O) groups is 1. The van der Waals surface area contributed by atoms with Crippen molar-refractivity contribution < 1.29 is 9.90 Å². The molecule has 0 spiro atoms. The molecule has 0 fully saturated rings. The van der Waals surface area contributed by atoms with Crippen molar-refractivity contribution in [2.45, 2.75) is 13.3 Å². The van der Waals surface area contributed by atoms with Crippen molar-refractivity contribution in [3.05, 3.63) is 12.2 Å². The van der Waals surface area contributed by atoms with E-state index in [0.29, 0.717) is 5.92 Å². The molecule has 1 N–H and O–H groups in total. The molecule has 50 valence electrons. The first-order valence-corrected chi connectivity index (χ1v) is 3.11. The zero-order valence-corrected chi connectivity index (χ0v) is 5.37. The van der Waals surface area contributed by atoms with Gasteiger partial charge in [0.15, 0.2) is 0 Å². The maximum Gasteiger partial charge on any atom is 0.310 e. The van der Waals surface area contributed by atoms with Crippen molar-refractivity contribution in [1.82, 2.24) is 0 Å². The highest BCUT2D eigenvalue weighted by atomic mass is 16.4. The van der Waals surface area contributed by atoms with E-state index >= 15 is 0 Å². The van der Waals surface area contributed by atoms with Crippen molar-refractivity contribution in [2.75, 3.05) is 0 Å². The van der Waals surface area contributed by atoms with Crippen molar-refractivity contribution >= 4 is 5.97 Å². The number of hydrogen-bond donors (Lipinski definition) is 1. The molecule has 0 saturated heterocycles. The molecular formula is C7H10O2. The molecule has 0 saturated carbocycles. The van der Waals surface area contributed by atoms with E-state index in [9.17, 15) is 4.79 Å². The molecular weight excluding hydrogens is 116 g/mol. The first-order valence-electron chi connectivity index (χ1n) is 3.11. The fourth-order valence-corrected chi connectivity index (χ4v) is 1.06. The Morgan fingerprint density at radius 1 is 1.67 bits per heavy atom. The average molecular weight is 126 g/mol. The van der Waals surface area contributed by atoms with Gasteiger partial charge in [-0.3, -0.25) is 4.79 Å². The SMILES string of the molecule is C[C@@H]1C=C[C@H](C(=O)O)C1. The molecule has 0 amide bonds. The molecule has 0 aliphatic heterocycles. The normalized spacial score (nSPS) is 33.0. The van der Waals surface area contributed by atoms with E-state index in [1.165, 1.54) is 0 Å². The van der Waals surface area contributed by atoms with E-state index < -0.39 is 5.97 Å². The van der Waals surface area contributed by atoms with Crippen LogP contribution in [0.25, 0.3) is 0 Å². The van der Waals surface area contributed by atoms with Crippen molar-refractivity contribution in [3.63, 3.8) is 0 Å². The molecule has 0 unspecified atom stereocenters. The lowest BCUT2D eigenvalue weighted by Gasteiger charge is -2.00. The molecule has 1 rings (SSSR count). The van der Waals surface area contributed by atoms with E-state index in [1.54, 1.807) is 6.08 Å². The number of hydrogen-bond acceptors (Lipinski definition) is 1. The van der Waals surface area contributed by atoms with E-state index in [2.05, 4.69) is 0 Å². The molecule has 0 heterocycles. The zero-order valence-electron chi connectivity index (χ0n) is 5.37. The van der Waals surface area contributed by atoms with Gasteiger partial charge in [-0.05, 0) is 12.3 Å². The van der Waals surface area contributed by atoms with Crippen LogP contribution in [0.5, 0.6) is 0 Å². The number of carboxylic acid groups (broad SMARTS) is 1. The quantitative estimate of drug-likeness (QED) is 0.537. The Bertz CT molecular complexity index is 149. The van der Waals surface area contributed by atoms with Crippen LogP contribution in [0.15, 0.2) is 12.2 Å². The van der Waals surface area contributed by atoms with Gasteiger partial charge in [-0.1, -0.05) is 19.1 Å². The summed E-state index contributed by atoms with van der Waals surface area (Å²) in [6.45, 7) is 2.03. The highest BCUT2D eigenvalue weighted by molar-refractivity contribution is 5.72. The molecule has 0 aromatic rings. The fraction of sp³-hybridized carbons (Fsp3) is 0.571. The lowest BCUT2D eigenvalue weighted by atomic mass is 10.1. The standard InChI is InChI=1S/C7H10O2/c1-5-2-3-6(4-5)7(8)9/h2-3,5-6H,4H2,1H3,(H,8,9)/t5-,6+/m1/s1. The predicted octanol–water partition coefficient (Wildman–Crippen LogP) is 1.28. The largest absolute Gasteiger partial charge is 0.481 e. The summed E-state index contributed by atoms with van der Waals surface area (Å²) < 4.78 is 0. The van der Waals surface area contributed by atoms with Gasteiger partial charge in [0, 0.05) is 0 Å². The van der Waals surface area contributed by atoms with E-state index in [0.717, 1.165) is 6.42 Å². The van der Waals surface area contributed by atoms with Gasteiger partial charge in [0.25, 0.3) is 0 Å². The molecule has 1 aliphatic rings. The first-order chi connectivity index (χ1) is 4.20. The molecule has 0 radical (unpaired) electrons. The second-order valence-corrected chi connectivity index (χ2v) is 2.54. The van der Waals surface area contributed by atoms with Gasteiger partial charge < -0.3 is 5.11 Å². The molecule has 1 aliphatic carbocycles. The van der Waals surface area contributed by atoms with Gasteiger partial charge in [0.1, 0.15) is 0 Å². The fourth-order valence-electron chi connectivity index (χ4n) is 1.06. The third-order valence-electron chi connectivity index (χ3n) is 1.61. The lowest BCUT2D eigenvalue weighted by Crippen LogP contribution is -2.08. The first kappa shape index (κ1) is 6.33. The number of allylic oxidation sites excluding steroid dienone is 1. The van der Waals surface area contributed by atoms with Crippen LogP contribution < -0.4 is 0 Å². The third-order valence-corrected chi connectivity index (χ3v) is 1.61. The topological polar surface area (TPSA) is 37.3 Å². The van der Waals surface area contributed by atoms with Crippen LogP contribution in [0.1, 0.15) is 13.3 Å². The Morgan fingerprint density at radius 3 is 2.56 bits per heavy atom. The monoisotopic (exact) mass is 126 g/mol. The van der Waals surface area contributed by atoms with Crippen LogP contribution in [-0.2, 0) is 4.79 Å². The van der Waals surface area contributed by atoms with Crippen LogP contribution in [0.4, 0.5) is 0 Å². The molecule has 0 aromatic carbocycles. The summed E-state index contributed by atoms with van der Waals surface area (Å²) >= 11 is 0. The van der Waals surface area contributed by atoms with Gasteiger partial charge in [-0.25, -0.2) is 0 Å². The Kier molecular flexibility index (Phi) is 1.56. The van der Waals surface area contributed by atoms with Crippen LogP contribution in [-0.4, -0.2) is 11.1 Å². The number of aliphatic carboxylic acids is 1. The van der Waals surface area contributed by atoms with Gasteiger partial charge in [-0.2, -0.15) is 0 Å². The minimum atomic E-state index is -0.699. The number of rotatable bonds is 1. The minimum absolute atomic E-state index is 0.222. The number of carboxylic acids is 1. The summed E-state index contributed by atoms with van der Waals surface area (Å²) in [5.74, 6) is -0.471. The maximum absolute atomic E-state index is 10.3. The van der Waals surface area contributed by atoms with Gasteiger partial charge >= 0.3 is 5.97 Å². The summed E-state index contributed by atoms with van der Waals surface area (Å²) in [7, 11) is 0. The Labute approximate surface area is 54.2 Å². The van der Waals surface area contributed by atoms with Crippen LogP contribution in [0.2, 0.25) is 0 Å². The summed E-state index contributed by atoms with van der Waals surface area (Å²) in [4.78, 5) is 10.3. The molecule has 0 bridgehead atoms. The molecule has 9 heavy (non-hydrogen) atoms. The molecule has 0 aromatic heterocycles. The molecule has 2 heteroatoms. The highest BCUT2D eigenvalue weighted by Crippen LogP contribution is 2.22. The van der Waals surface area contributed by atoms with Gasteiger partial charge in [-0.15, -0.1) is 0 Å². The van der Waals surface area contributed by atoms with Crippen LogP contribution in [0, 0.1) is 11.8 Å². The average Bonchev–Trinajstić information content (AvgIpc) is 2.14. The van der Waals surface area contributed by atoms with Crippen LogP contribution >= 0.6 is 0 Å². The van der Waals surface area contributed by atoms with Crippen molar-refractivity contribution in [1.29, 1.82) is 0 Å². The third kappa shape index (κ3) is 1.31. The second-order valence-electron chi connectivity index (χ2n) is 2.54. The Balaban J connectivity index is 2.50. The Hall–Kier alpha value is -0.790. The summed E-state index contributed by atoms with van der Waals surface area (Å²) in [6, 6.07) is 0. The lowest BCUT2D eigenvalue weighted by molar-refractivity contribution is -0.140. The van der Waals surface area contributed by atoms with E-state index in [4.69, 9.17) is 5.11 Å². The van der Waals surface area contributed by atoms with Gasteiger partial charge in [0.2, 0.25) is 0 Å². The van der Waals surface area contributed by atoms with Gasteiger partial charge in [0.05, 0.1) is 5.92 Å². The molecule has 2 nitrogen and oxygen atoms in total. The highest BCUT2D eigenvalue weighted by Gasteiger charge is 2.20. The van der Waals surface area contributed by atoms with Crippen LogP contribution in [0.3, 0.4) is 0 Å². The van der Waals surface area contributed by atoms with Crippen molar-refractivity contribution in [2.24, 2.45) is 11.8 Å².